The van der Waals surface area contributed by atoms with Gasteiger partial charge in [0, 0.05) is 39.2 Å². The van der Waals surface area contributed by atoms with E-state index in [4.69, 9.17) is 4.74 Å². The maximum absolute atomic E-state index is 11.4. The Morgan fingerprint density at radius 1 is 1.38 bits per heavy atom. The van der Waals surface area contributed by atoms with Gasteiger partial charge in [-0.1, -0.05) is 0 Å². The maximum atomic E-state index is 11.4. The van der Waals surface area contributed by atoms with Crippen LogP contribution in [-0.4, -0.2) is 61.1 Å². The van der Waals surface area contributed by atoms with E-state index in [9.17, 15) is 4.79 Å². The van der Waals surface area contributed by atoms with Crippen LogP contribution in [0.1, 0.15) is 26.2 Å². The fourth-order valence-electron chi connectivity index (χ4n) is 2.87. The Labute approximate surface area is 97.5 Å². The van der Waals surface area contributed by atoms with E-state index in [-0.39, 0.29) is 5.91 Å². The van der Waals surface area contributed by atoms with Gasteiger partial charge in [0.2, 0.25) is 5.91 Å². The highest BCUT2D eigenvalue weighted by atomic mass is 16.5. The summed E-state index contributed by atoms with van der Waals surface area (Å²) in [6.07, 6.45) is 3.50. The molecule has 92 valence electrons. The van der Waals surface area contributed by atoms with E-state index in [0.29, 0.717) is 12.1 Å². The fourth-order valence-corrected chi connectivity index (χ4v) is 2.87. The van der Waals surface area contributed by atoms with Crippen molar-refractivity contribution in [2.45, 2.75) is 38.3 Å². The second-order valence-electron chi connectivity index (χ2n) is 4.91. The first kappa shape index (κ1) is 11.9. The molecule has 2 heterocycles. The topological polar surface area (TPSA) is 32.8 Å². The molecule has 0 aliphatic carbocycles. The van der Waals surface area contributed by atoms with Gasteiger partial charge in [-0.05, 0) is 25.8 Å². The van der Waals surface area contributed by atoms with Crippen molar-refractivity contribution >= 4 is 5.91 Å². The summed E-state index contributed by atoms with van der Waals surface area (Å²) in [5.41, 5.74) is 0. The summed E-state index contributed by atoms with van der Waals surface area (Å²) in [4.78, 5) is 15.9. The summed E-state index contributed by atoms with van der Waals surface area (Å²) in [7, 11) is 1.76. The van der Waals surface area contributed by atoms with Crippen LogP contribution in [0.3, 0.4) is 0 Å². The minimum atomic E-state index is 0.219. The monoisotopic (exact) mass is 226 g/mol. The maximum Gasteiger partial charge on any atom is 0.219 e. The van der Waals surface area contributed by atoms with Crippen molar-refractivity contribution < 1.29 is 9.53 Å². The Morgan fingerprint density at radius 2 is 2.12 bits per heavy atom. The van der Waals surface area contributed by atoms with Gasteiger partial charge in [-0.2, -0.15) is 0 Å². The minimum Gasteiger partial charge on any atom is -0.383 e. The number of hydrogen-bond donors (Lipinski definition) is 0. The van der Waals surface area contributed by atoms with Gasteiger partial charge in [-0.3, -0.25) is 9.69 Å². The van der Waals surface area contributed by atoms with Gasteiger partial charge in [0.25, 0.3) is 0 Å². The SMILES string of the molecule is COC[C@@H]1C[C@@H]2CN(C(C)=O)CCCCN12. The molecule has 1 amide bonds. The molecule has 4 nitrogen and oxygen atoms in total. The number of carbonyl (C=O) groups is 1. The molecule has 2 saturated heterocycles. The number of carbonyl (C=O) groups excluding carboxylic acids is 1. The summed E-state index contributed by atoms with van der Waals surface area (Å²) in [6, 6.07) is 1.16. The van der Waals surface area contributed by atoms with Crippen LogP contribution >= 0.6 is 0 Å². The Kier molecular flexibility index (Phi) is 3.82. The van der Waals surface area contributed by atoms with Crippen LogP contribution in [0.15, 0.2) is 0 Å². The Balaban J connectivity index is 1.91. The van der Waals surface area contributed by atoms with Crippen LogP contribution in [0.2, 0.25) is 0 Å². The van der Waals surface area contributed by atoms with Crippen molar-refractivity contribution in [1.82, 2.24) is 9.80 Å². The van der Waals surface area contributed by atoms with E-state index in [0.717, 1.165) is 26.1 Å². The lowest BCUT2D eigenvalue weighted by atomic mass is 9.91. The number of fused-ring (bicyclic) bond motifs is 1. The third kappa shape index (κ3) is 2.38. The molecule has 16 heavy (non-hydrogen) atoms. The molecule has 0 saturated carbocycles. The lowest BCUT2D eigenvalue weighted by Crippen LogP contribution is -2.62. The molecule has 2 fully saturated rings. The highest BCUT2D eigenvalue weighted by molar-refractivity contribution is 5.73. The Morgan fingerprint density at radius 3 is 2.81 bits per heavy atom. The van der Waals surface area contributed by atoms with Crippen LogP contribution < -0.4 is 0 Å². The second kappa shape index (κ2) is 5.15. The largest absolute Gasteiger partial charge is 0.383 e. The minimum absolute atomic E-state index is 0.219. The van der Waals surface area contributed by atoms with Crippen molar-refractivity contribution in [2.75, 3.05) is 33.4 Å². The van der Waals surface area contributed by atoms with Gasteiger partial charge in [0.05, 0.1) is 6.61 Å². The molecule has 2 atom stereocenters. The Hall–Kier alpha value is -0.610. The standard InChI is InChI=1S/C12H22N2O2/c1-10(15)13-5-3-4-6-14-11(8-13)7-12(14)9-16-2/h11-12H,3-9H2,1-2H3/t11-,12+/m1/s1. The third-order valence-corrected chi connectivity index (χ3v) is 3.81. The highest BCUT2D eigenvalue weighted by Gasteiger charge is 2.39. The molecule has 0 unspecified atom stereocenters. The van der Waals surface area contributed by atoms with Gasteiger partial charge in [-0.25, -0.2) is 0 Å². The van der Waals surface area contributed by atoms with Crippen molar-refractivity contribution in [3.63, 3.8) is 0 Å². The number of nitrogens with zero attached hydrogens (tertiary/aromatic N) is 2. The summed E-state index contributed by atoms with van der Waals surface area (Å²) in [5.74, 6) is 0.219. The number of rotatable bonds is 2. The lowest BCUT2D eigenvalue weighted by molar-refractivity contribution is -0.133. The summed E-state index contributed by atoms with van der Waals surface area (Å²) in [5, 5.41) is 0. The molecule has 0 bridgehead atoms. The van der Waals surface area contributed by atoms with Crippen molar-refractivity contribution in [2.24, 2.45) is 0 Å². The van der Waals surface area contributed by atoms with Crippen LogP contribution in [0.5, 0.6) is 0 Å². The number of methoxy groups -OCH3 is 1. The summed E-state index contributed by atoms with van der Waals surface area (Å²) < 4.78 is 5.22. The number of ether oxygens (including phenoxy) is 1. The van der Waals surface area contributed by atoms with Crippen LogP contribution in [-0.2, 0) is 9.53 Å². The van der Waals surface area contributed by atoms with Crippen LogP contribution in [0.4, 0.5) is 0 Å². The van der Waals surface area contributed by atoms with Gasteiger partial charge >= 0.3 is 0 Å². The lowest BCUT2D eigenvalue weighted by Gasteiger charge is -2.51. The molecular formula is C12H22N2O2. The van der Waals surface area contributed by atoms with E-state index in [1.807, 2.05) is 4.90 Å². The molecule has 0 radical (unpaired) electrons. The number of amides is 1. The summed E-state index contributed by atoms with van der Waals surface area (Å²) in [6.45, 7) is 5.53. The molecule has 2 aliphatic heterocycles. The van der Waals surface area contributed by atoms with Crippen molar-refractivity contribution in [1.29, 1.82) is 0 Å². The van der Waals surface area contributed by atoms with Crippen molar-refractivity contribution in [3.05, 3.63) is 0 Å². The molecule has 2 rings (SSSR count). The molecule has 0 aromatic heterocycles. The molecule has 4 heteroatoms. The zero-order valence-corrected chi connectivity index (χ0v) is 10.3. The van der Waals surface area contributed by atoms with Gasteiger partial charge in [0.15, 0.2) is 0 Å². The first-order chi connectivity index (χ1) is 7.72. The van der Waals surface area contributed by atoms with Crippen LogP contribution in [0, 0.1) is 0 Å². The van der Waals surface area contributed by atoms with E-state index >= 15 is 0 Å². The first-order valence-corrected chi connectivity index (χ1v) is 6.22. The predicted molar refractivity (Wildman–Crippen MR) is 62.3 cm³/mol. The zero-order chi connectivity index (χ0) is 11.5. The number of hydrogen-bond acceptors (Lipinski definition) is 3. The zero-order valence-electron chi connectivity index (χ0n) is 10.3. The molecule has 0 spiro atoms. The van der Waals surface area contributed by atoms with E-state index in [1.165, 1.54) is 19.4 Å². The average molecular weight is 226 g/mol. The van der Waals surface area contributed by atoms with E-state index in [2.05, 4.69) is 4.90 Å². The molecule has 0 aromatic carbocycles. The molecule has 2 aliphatic rings. The normalized spacial score (nSPS) is 31.2. The smallest absolute Gasteiger partial charge is 0.219 e. The predicted octanol–water partition coefficient (Wildman–Crippen LogP) is 0.718. The van der Waals surface area contributed by atoms with E-state index < -0.39 is 0 Å². The fraction of sp³-hybridized carbons (Fsp3) is 0.917. The van der Waals surface area contributed by atoms with Crippen molar-refractivity contribution in [3.8, 4) is 0 Å². The second-order valence-corrected chi connectivity index (χ2v) is 4.91. The molecule has 0 N–H and O–H groups in total. The van der Waals surface area contributed by atoms with Gasteiger partial charge in [0.1, 0.15) is 0 Å². The van der Waals surface area contributed by atoms with Gasteiger partial charge in [-0.15, -0.1) is 0 Å². The summed E-state index contributed by atoms with van der Waals surface area (Å²) >= 11 is 0. The highest BCUT2D eigenvalue weighted by Crippen LogP contribution is 2.28. The average Bonchev–Trinajstić information content (AvgIpc) is 2.21. The first-order valence-electron chi connectivity index (χ1n) is 6.22. The Bertz CT molecular complexity index is 257. The third-order valence-electron chi connectivity index (χ3n) is 3.81. The molecule has 0 aromatic rings. The molecular weight excluding hydrogens is 204 g/mol. The quantitative estimate of drug-likeness (QED) is 0.695. The van der Waals surface area contributed by atoms with Crippen LogP contribution in [0.25, 0.3) is 0 Å². The van der Waals surface area contributed by atoms with Gasteiger partial charge < -0.3 is 9.64 Å². The van der Waals surface area contributed by atoms with E-state index in [1.54, 1.807) is 14.0 Å².